The molecule has 115 heavy (non-hydrogen) atoms. The molecule has 16 aromatic rings. The zero-order valence-corrected chi connectivity index (χ0v) is 67.3. The fraction of sp³-hybridized carbons (Fsp3) is 0.147. The summed E-state index contributed by atoms with van der Waals surface area (Å²) in [6, 6.07) is 102. The summed E-state index contributed by atoms with van der Waals surface area (Å²) in [7, 11) is 0. The van der Waals surface area contributed by atoms with Crippen molar-refractivity contribution >= 4 is 66.6 Å². The number of aryl methyl sites for hydroxylation is 8. The highest BCUT2D eigenvalue weighted by atomic mass is 15.0. The van der Waals surface area contributed by atoms with Crippen LogP contribution in [-0.2, 0) is 12.0 Å². The van der Waals surface area contributed by atoms with Crippen LogP contribution in [0.15, 0.2) is 295 Å². The normalized spacial score (nSPS) is 11.0. The largest absolute Gasteiger partial charge is 0.370 e. The Balaban J connectivity index is 0.000000134. The van der Waals surface area contributed by atoms with Gasteiger partial charge in [-0.25, -0.2) is 19.9 Å². The van der Waals surface area contributed by atoms with E-state index in [1.807, 2.05) is 60.7 Å². The maximum atomic E-state index is 9.59. The first-order chi connectivity index (χ1) is 55.4. The molecule has 0 aliphatic carbocycles. The van der Waals surface area contributed by atoms with E-state index in [0.29, 0.717) is 31.1 Å². The third kappa shape index (κ3) is 19.0. The van der Waals surface area contributed by atoms with Crippen molar-refractivity contribution in [3.8, 4) is 95.6 Å². The molecule has 4 heterocycles. The van der Waals surface area contributed by atoms with Crippen LogP contribution in [0.5, 0.6) is 0 Å². The minimum absolute atomic E-state index is 0.00205. The lowest BCUT2D eigenvalue weighted by molar-refractivity contribution is 0.590. The molecular formula is C102H97N13. The third-order valence-electron chi connectivity index (χ3n) is 21.1. The summed E-state index contributed by atoms with van der Waals surface area (Å²) >= 11 is 0. The van der Waals surface area contributed by atoms with E-state index in [-0.39, 0.29) is 17.3 Å². The molecule has 13 nitrogen and oxygen atoms in total. The summed E-state index contributed by atoms with van der Waals surface area (Å²) in [6.45, 7) is 25.2. The maximum Gasteiger partial charge on any atom is 0.192 e. The molecule has 0 atom stereocenters. The fourth-order valence-electron chi connectivity index (χ4n) is 14.1. The molecule has 13 heteroatoms. The standard InChI is InChI=1S/C29H32N4.C25H25N3.C24H22N4.C24H18N2/c1-18-13-23-16-26(33-27(17-32-28(30)31)25(23)14-19(18)2)22-8-6-7-21(15-22)20-9-11-24(12-10-20)29(3,4)5;1-17-13-22-16-24(28-25(27-12-11-26)23(22)14-18(17)2)21-10-6-9-20(15-21)19-7-4-3-5-8-19;1-15-11-20-14-22(27-23(28-24(25)26)21(20)12-16(15)2)19-10-6-9-18(13-19)17-7-4-3-5-8-17;1-16-11-21-14-23(26-24(15-25)22(21)12-17(16)2)20-10-6-9-19(13-20)18-7-4-3-5-8-18/h6-16H,17H2,1-5H3,(H4,30,31,32);3-10,13-16H,11-12,26H2,1-2H3,(H,27,28);3-14H,1-2H3,(H4,25,26,27,28);3-14H,1-2H3. The van der Waals surface area contributed by atoms with E-state index < -0.39 is 0 Å². The monoisotopic (exact) mass is 1500 g/mol. The summed E-state index contributed by atoms with van der Waals surface area (Å²) < 4.78 is 0. The number of hydrogen-bond acceptors (Lipinski definition) is 9. The number of rotatable bonds is 14. The van der Waals surface area contributed by atoms with E-state index in [9.17, 15) is 5.26 Å². The van der Waals surface area contributed by atoms with Gasteiger partial charge in [-0.1, -0.05) is 233 Å². The molecule has 0 saturated carbocycles. The van der Waals surface area contributed by atoms with Crippen LogP contribution < -0.4 is 34.0 Å². The van der Waals surface area contributed by atoms with Crippen molar-refractivity contribution in [2.24, 2.45) is 38.7 Å². The van der Waals surface area contributed by atoms with Crippen molar-refractivity contribution in [1.82, 2.24) is 19.9 Å². The Hall–Kier alpha value is -13.9. The molecule has 4 aromatic heterocycles. The smallest absolute Gasteiger partial charge is 0.192 e. The lowest BCUT2D eigenvalue weighted by Crippen LogP contribution is -2.22. The van der Waals surface area contributed by atoms with Gasteiger partial charge in [-0.2, -0.15) is 10.3 Å². The first-order valence-electron chi connectivity index (χ1n) is 38.8. The van der Waals surface area contributed by atoms with Crippen LogP contribution >= 0.6 is 0 Å². The van der Waals surface area contributed by atoms with Crippen molar-refractivity contribution in [2.75, 3.05) is 18.4 Å². The van der Waals surface area contributed by atoms with E-state index >= 15 is 0 Å². The topological polar surface area (TPSA) is 242 Å². The summed E-state index contributed by atoms with van der Waals surface area (Å²) in [6.07, 6.45) is 0. The van der Waals surface area contributed by atoms with Gasteiger partial charge >= 0.3 is 0 Å². The number of anilines is 1. The Labute approximate surface area is 675 Å². The summed E-state index contributed by atoms with van der Waals surface area (Å²) in [5.41, 5.74) is 58.0. The Morgan fingerprint density at radius 2 is 0.687 bits per heavy atom. The number of benzene rings is 12. The number of hydrogen-bond donors (Lipinski definition) is 6. The highest BCUT2D eigenvalue weighted by Gasteiger charge is 2.18. The van der Waals surface area contributed by atoms with Gasteiger partial charge in [-0.15, -0.1) is 0 Å². The molecule has 12 aromatic carbocycles. The molecule has 0 aliphatic heterocycles. The van der Waals surface area contributed by atoms with Crippen LogP contribution in [-0.4, -0.2) is 44.9 Å². The molecule has 570 valence electrons. The van der Waals surface area contributed by atoms with Crippen molar-refractivity contribution in [3.63, 3.8) is 0 Å². The van der Waals surface area contributed by atoms with Gasteiger partial charge in [-0.3, -0.25) is 4.98 Å². The van der Waals surface area contributed by atoms with Crippen molar-refractivity contribution < 1.29 is 0 Å². The molecule has 0 unspecified atom stereocenters. The first-order valence-corrected chi connectivity index (χ1v) is 38.8. The first kappa shape index (κ1) is 79.2. The minimum atomic E-state index is 0.00205. The maximum absolute atomic E-state index is 9.59. The molecule has 0 spiro atoms. The third-order valence-corrected chi connectivity index (χ3v) is 21.1. The zero-order valence-electron chi connectivity index (χ0n) is 67.3. The van der Waals surface area contributed by atoms with Crippen molar-refractivity contribution in [2.45, 2.75) is 88.1 Å². The van der Waals surface area contributed by atoms with E-state index in [0.717, 1.165) is 105 Å². The second kappa shape index (κ2) is 35.2. The van der Waals surface area contributed by atoms with Crippen LogP contribution in [0.3, 0.4) is 0 Å². The molecule has 0 radical (unpaired) electrons. The second-order valence-electron chi connectivity index (χ2n) is 30.5. The number of aliphatic imine (C=N–C) groups is 2. The Bertz CT molecular complexity index is 6350. The van der Waals surface area contributed by atoms with E-state index in [2.05, 4.69) is 327 Å². The molecular weight excluding hydrogens is 1410 g/mol. The van der Waals surface area contributed by atoms with Gasteiger partial charge in [0.05, 0.1) is 35.0 Å². The minimum Gasteiger partial charge on any atom is -0.370 e. The molecule has 0 saturated heterocycles. The number of nitrogens with zero attached hydrogens (tertiary/aromatic N) is 7. The van der Waals surface area contributed by atoms with Gasteiger partial charge in [-0.05, 0) is 250 Å². The van der Waals surface area contributed by atoms with Crippen molar-refractivity contribution in [1.29, 1.82) is 5.26 Å². The van der Waals surface area contributed by atoms with Crippen molar-refractivity contribution in [3.05, 3.63) is 347 Å². The number of nitriles is 1. The number of pyridine rings is 4. The number of guanidine groups is 2. The van der Waals surface area contributed by atoms with Crippen LogP contribution in [0.4, 0.5) is 11.6 Å². The lowest BCUT2D eigenvalue weighted by Gasteiger charge is -2.19. The van der Waals surface area contributed by atoms with Gasteiger partial charge in [0.25, 0.3) is 0 Å². The highest BCUT2D eigenvalue weighted by Crippen LogP contribution is 2.38. The second-order valence-corrected chi connectivity index (χ2v) is 30.5. The molecule has 0 bridgehead atoms. The van der Waals surface area contributed by atoms with Gasteiger partial charge in [0, 0.05) is 56.9 Å². The van der Waals surface area contributed by atoms with Crippen LogP contribution in [0.1, 0.15) is 82.2 Å². The number of fused-ring (bicyclic) bond motifs is 4. The number of nitrogens with two attached hydrogens (primary N) is 5. The van der Waals surface area contributed by atoms with Gasteiger partial charge in [0.2, 0.25) is 0 Å². The average Bonchev–Trinajstić information content (AvgIpc) is 0.791. The average molecular weight is 1500 g/mol. The quantitative estimate of drug-likeness (QED) is 0.0442. The predicted molar refractivity (Wildman–Crippen MR) is 484 cm³/mol. The molecule has 0 amide bonds. The molecule has 0 fully saturated rings. The number of nitrogens with one attached hydrogen (secondary N) is 1. The molecule has 16 rings (SSSR count). The zero-order chi connectivity index (χ0) is 81.0. The SMILES string of the molecule is Cc1cc2cc(-c3cccc(-c4ccc(C(C)(C)C)cc4)c3)nc(CN=C(N)N)c2cc1C.Cc1cc2cc(-c3cccc(-c4ccccc4)c3)nc(C#N)c2cc1C.Cc1cc2cc(-c3cccc(-c4ccccc4)c3)nc(N=C(N)N)c2cc1C.Cc1cc2cc(-c3cccc(-c4ccccc4)c3)nc(NCCN)c2cc1C. The van der Waals surface area contributed by atoms with Crippen LogP contribution in [0.2, 0.25) is 0 Å². The van der Waals surface area contributed by atoms with E-state index in [1.54, 1.807) is 0 Å². The van der Waals surface area contributed by atoms with E-state index in [1.165, 1.54) is 88.8 Å². The Morgan fingerprint density at radius 3 is 1.10 bits per heavy atom. The molecule has 11 N–H and O–H groups in total. The predicted octanol–water partition coefficient (Wildman–Crippen LogP) is 23.0. The Morgan fingerprint density at radius 1 is 0.348 bits per heavy atom. The van der Waals surface area contributed by atoms with Gasteiger partial charge < -0.3 is 34.0 Å². The van der Waals surface area contributed by atoms with E-state index in [4.69, 9.17) is 43.6 Å². The lowest BCUT2D eigenvalue weighted by atomic mass is 9.86. The van der Waals surface area contributed by atoms with Crippen LogP contribution in [0, 0.1) is 66.7 Å². The Kier molecular flexibility index (Phi) is 24.2. The number of aromatic nitrogens is 4. The van der Waals surface area contributed by atoms with Gasteiger partial charge in [0.1, 0.15) is 17.6 Å². The van der Waals surface area contributed by atoms with Crippen LogP contribution in [0.25, 0.3) is 133 Å². The summed E-state index contributed by atoms with van der Waals surface area (Å²) in [5.74, 6) is 1.51. The highest BCUT2D eigenvalue weighted by molar-refractivity contribution is 5.99. The van der Waals surface area contributed by atoms with Gasteiger partial charge in [0.15, 0.2) is 17.7 Å². The fourth-order valence-corrected chi connectivity index (χ4v) is 14.1. The summed E-state index contributed by atoms with van der Waals surface area (Å²) in [4.78, 5) is 27.8. The summed E-state index contributed by atoms with van der Waals surface area (Å²) in [5, 5.41) is 21.5. The molecule has 0 aliphatic rings.